The van der Waals surface area contributed by atoms with Gasteiger partial charge in [-0.15, -0.1) is 0 Å². The zero-order valence-electron chi connectivity index (χ0n) is 9.69. The van der Waals surface area contributed by atoms with Gasteiger partial charge in [0.05, 0.1) is 11.3 Å². The monoisotopic (exact) mass is 221 g/mol. The lowest BCUT2D eigenvalue weighted by molar-refractivity contribution is 0.0318. The number of aliphatic hydroxyl groups is 1. The Kier molecular flexibility index (Phi) is 3.53. The zero-order chi connectivity index (χ0) is 11.4. The zero-order valence-corrected chi connectivity index (χ0v) is 9.69. The standard InChI is InChI=1S/C12H19N3O/c1-12(16)9-13-6-7-15(10-12)8-11-4-2-3-5-14-11/h2-5,13,16H,6-10H2,1H3. The van der Waals surface area contributed by atoms with Gasteiger partial charge in [0.25, 0.3) is 0 Å². The molecule has 0 aromatic carbocycles. The van der Waals surface area contributed by atoms with Gasteiger partial charge in [-0.05, 0) is 19.1 Å². The number of hydrogen-bond donors (Lipinski definition) is 2. The van der Waals surface area contributed by atoms with Crippen molar-refractivity contribution in [3.8, 4) is 0 Å². The van der Waals surface area contributed by atoms with Gasteiger partial charge >= 0.3 is 0 Å². The van der Waals surface area contributed by atoms with Crippen molar-refractivity contribution in [2.24, 2.45) is 0 Å². The Morgan fingerprint density at radius 2 is 2.44 bits per heavy atom. The number of pyridine rings is 1. The summed E-state index contributed by atoms with van der Waals surface area (Å²) in [4.78, 5) is 6.55. The molecule has 0 bridgehead atoms. The number of rotatable bonds is 2. The van der Waals surface area contributed by atoms with Gasteiger partial charge in [-0.25, -0.2) is 0 Å². The summed E-state index contributed by atoms with van der Waals surface area (Å²) in [6.07, 6.45) is 1.81. The number of nitrogens with one attached hydrogen (secondary N) is 1. The average Bonchev–Trinajstić information content (AvgIpc) is 2.40. The molecular formula is C12H19N3O. The summed E-state index contributed by atoms with van der Waals surface area (Å²) >= 11 is 0. The van der Waals surface area contributed by atoms with Gasteiger partial charge in [-0.2, -0.15) is 0 Å². The first-order chi connectivity index (χ1) is 7.66. The minimum Gasteiger partial charge on any atom is -0.388 e. The SMILES string of the molecule is CC1(O)CNCCN(Cc2ccccn2)C1. The van der Waals surface area contributed by atoms with E-state index in [0.717, 1.165) is 25.3 Å². The second kappa shape index (κ2) is 4.91. The average molecular weight is 221 g/mol. The highest BCUT2D eigenvalue weighted by Gasteiger charge is 2.26. The highest BCUT2D eigenvalue weighted by atomic mass is 16.3. The number of hydrogen-bond acceptors (Lipinski definition) is 4. The molecule has 1 aliphatic rings. The van der Waals surface area contributed by atoms with Crippen LogP contribution in [0.2, 0.25) is 0 Å². The molecule has 0 saturated carbocycles. The molecule has 4 nitrogen and oxygen atoms in total. The maximum Gasteiger partial charge on any atom is 0.0869 e. The topological polar surface area (TPSA) is 48.4 Å². The summed E-state index contributed by atoms with van der Waals surface area (Å²) in [6, 6.07) is 5.94. The Hall–Kier alpha value is -0.970. The number of aromatic nitrogens is 1. The smallest absolute Gasteiger partial charge is 0.0869 e. The largest absolute Gasteiger partial charge is 0.388 e. The molecule has 4 heteroatoms. The Morgan fingerprint density at radius 3 is 3.19 bits per heavy atom. The lowest BCUT2D eigenvalue weighted by Gasteiger charge is -2.27. The van der Waals surface area contributed by atoms with Crippen LogP contribution in [-0.2, 0) is 6.54 Å². The summed E-state index contributed by atoms with van der Waals surface area (Å²) in [7, 11) is 0. The molecule has 0 radical (unpaired) electrons. The van der Waals surface area contributed by atoms with Crippen molar-refractivity contribution in [1.82, 2.24) is 15.2 Å². The van der Waals surface area contributed by atoms with Crippen molar-refractivity contribution >= 4 is 0 Å². The summed E-state index contributed by atoms with van der Waals surface area (Å²) in [6.45, 7) is 5.90. The van der Waals surface area contributed by atoms with E-state index >= 15 is 0 Å². The van der Waals surface area contributed by atoms with Crippen LogP contribution in [0.1, 0.15) is 12.6 Å². The van der Waals surface area contributed by atoms with Crippen molar-refractivity contribution in [3.05, 3.63) is 30.1 Å². The Balaban J connectivity index is 1.98. The van der Waals surface area contributed by atoms with E-state index in [1.807, 2.05) is 31.3 Å². The third kappa shape index (κ3) is 3.27. The van der Waals surface area contributed by atoms with Crippen molar-refractivity contribution in [2.45, 2.75) is 19.1 Å². The fourth-order valence-corrected chi connectivity index (χ4v) is 2.07. The third-order valence-electron chi connectivity index (χ3n) is 2.79. The van der Waals surface area contributed by atoms with Crippen LogP contribution < -0.4 is 5.32 Å². The van der Waals surface area contributed by atoms with Crippen LogP contribution in [0, 0.1) is 0 Å². The summed E-state index contributed by atoms with van der Waals surface area (Å²) in [5, 5.41) is 13.3. The second-order valence-electron chi connectivity index (χ2n) is 4.71. The third-order valence-corrected chi connectivity index (χ3v) is 2.79. The van der Waals surface area contributed by atoms with Crippen LogP contribution in [0.5, 0.6) is 0 Å². The van der Waals surface area contributed by atoms with Gasteiger partial charge in [-0.3, -0.25) is 9.88 Å². The fraction of sp³-hybridized carbons (Fsp3) is 0.583. The quantitative estimate of drug-likeness (QED) is 0.751. The van der Waals surface area contributed by atoms with Crippen LogP contribution in [0.3, 0.4) is 0 Å². The molecule has 88 valence electrons. The van der Waals surface area contributed by atoms with Gasteiger partial charge in [0.2, 0.25) is 0 Å². The van der Waals surface area contributed by atoms with E-state index in [1.165, 1.54) is 0 Å². The molecule has 1 aliphatic heterocycles. The summed E-state index contributed by atoms with van der Waals surface area (Å²) in [5.74, 6) is 0. The molecule has 1 unspecified atom stereocenters. The van der Waals surface area contributed by atoms with E-state index in [0.29, 0.717) is 13.1 Å². The van der Waals surface area contributed by atoms with Gasteiger partial charge in [0.1, 0.15) is 0 Å². The second-order valence-corrected chi connectivity index (χ2v) is 4.71. The summed E-state index contributed by atoms with van der Waals surface area (Å²) < 4.78 is 0. The minimum atomic E-state index is -0.648. The Bertz CT molecular complexity index is 326. The lowest BCUT2D eigenvalue weighted by atomic mass is 10.1. The molecular weight excluding hydrogens is 202 g/mol. The Morgan fingerprint density at radius 1 is 1.56 bits per heavy atom. The van der Waals surface area contributed by atoms with E-state index in [9.17, 15) is 5.11 Å². The van der Waals surface area contributed by atoms with Gasteiger partial charge in [-0.1, -0.05) is 6.07 Å². The molecule has 1 atom stereocenters. The fourth-order valence-electron chi connectivity index (χ4n) is 2.07. The molecule has 2 N–H and O–H groups in total. The molecule has 1 aromatic heterocycles. The van der Waals surface area contributed by atoms with Gasteiger partial charge in [0.15, 0.2) is 0 Å². The molecule has 1 aromatic rings. The highest BCUT2D eigenvalue weighted by molar-refractivity contribution is 5.03. The first kappa shape index (κ1) is 11.5. The molecule has 0 spiro atoms. The van der Waals surface area contributed by atoms with Gasteiger partial charge < -0.3 is 10.4 Å². The molecule has 1 fully saturated rings. The maximum atomic E-state index is 10.1. The molecule has 0 aliphatic carbocycles. The van der Waals surface area contributed by atoms with Crippen LogP contribution in [0.25, 0.3) is 0 Å². The number of β-amino-alcohol motifs (C(OH)–C–C–N with tert-alkyl or cyclic N) is 1. The first-order valence-corrected chi connectivity index (χ1v) is 5.71. The van der Waals surface area contributed by atoms with Crippen molar-refractivity contribution in [2.75, 3.05) is 26.2 Å². The van der Waals surface area contributed by atoms with Crippen LogP contribution in [-0.4, -0.2) is 46.8 Å². The molecule has 2 heterocycles. The van der Waals surface area contributed by atoms with Crippen LogP contribution >= 0.6 is 0 Å². The molecule has 2 rings (SSSR count). The normalized spacial score (nSPS) is 27.6. The number of nitrogens with zero attached hydrogens (tertiary/aromatic N) is 2. The molecule has 1 saturated heterocycles. The van der Waals surface area contributed by atoms with Crippen LogP contribution in [0.15, 0.2) is 24.4 Å². The lowest BCUT2D eigenvalue weighted by Crippen LogP contribution is -2.43. The van der Waals surface area contributed by atoms with Crippen molar-refractivity contribution in [1.29, 1.82) is 0 Å². The molecule has 0 amide bonds. The maximum absolute atomic E-state index is 10.1. The molecule has 16 heavy (non-hydrogen) atoms. The predicted octanol–water partition coefficient (Wildman–Crippen LogP) is 0.238. The van der Waals surface area contributed by atoms with Gasteiger partial charge in [0, 0.05) is 38.9 Å². The van der Waals surface area contributed by atoms with Crippen molar-refractivity contribution in [3.63, 3.8) is 0 Å². The first-order valence-electron chi connectivity index (χ1n) is 5.71. The van der Waals surface area contributed by atoms with E-state index < -0.39 is 5.60 Å². The van der Waals surface area contributed by atoms with E-state index in [-0.39, 0.29) is 0 Å². The highest BCUT2D eigenvalue weighted by Crippen LogP contribution is 2.10. The van der Waals surface area contributed by atoms with E-state index in [4.69, 9.17) is 0 Å². The van der Waals surface area contributed by atoms with E-state index in [1.54, 1.807) is 0 Å². The van der Waals surface area contributed by atoms with E-state index in [2.05, 4.69) is 15.2 Å². The summed E-state index contributed by atoms with van der Waals surface area (Å²) in [5.41, 5.74) is 0.408. The minimum absolute atomic E-state index is 0.648. The van der Waals surface area contributed by atoms with Crippen LogP contribution in [0.4, 0.5) is 0 Å². The predicted molar refractivity (Wildman–Crippen MR) is 63.0 cm³/mol. The Labute approximate surface area is 96.3 Å². The van der Waals surface area contributed by atoms with Crippen molar-refractivity contribution < 1.29 is 5.11 Å².